The molecule has 1 saturated carbocycles. The highest BCUT2D eigenvalue weighted by atomic mass is 32.2. The standard InChI is InChI=1S/C14H24N4O2S/c1-3-18-10-13(16-11(18)2)21(19,20)17-12-5-8-15-14(9-12)6-4-7-14/h10,12,15,17H,3-9H2,1-2H3. The van der Waals surface area contributed by atoms with Gasteiger partial charge in [0, 0.05) is 24.3 Å². The van der Waals surface area contributed by atoms with E-state index in [-0.39, 0.29) is 16.6 Å². The zero-order valence-electron chi connectivity index (χ0n) is 12.7. The molecule has 0 bridgehead atoms. The van der Waals surface area contributed by atoms with Crippen LogP contribution in [0, 0.1) is 6.92 Å². The van der Waals surface area contributed by atoms with E-state index in [2.05, 4.69) is 15.0 Å². The summed E-state index contributed by atoms with van der Waals surface area (Å²) >= 11 is 0. The van der Waals surface area contributed by atoms with E-state index < -0.39 is 10.0 Å². The molecule has 1 aliphatic carbocycles. The van der Waals surface area contributed by atoms with Gasteiger partial charge in [0.25, 0.3) is 10.0 Å². The van der Waals surface area contributed by atoms with Gasteiger partial charge in [-0.25, -0.2) is 18.1 Å². The predicted octanol–water partition coefficient (Wildman–Crippen LogP) is 1.16. The van der Waals surface area contributed by atoms with Crippen LogP contribution < -0.4 is 10.0 Å². The molecule has 1 saturated heterocycles. The number of imidazole rings is 1. The molecule has 2 aliphatic rings. The lowest BCUT2D eigenvalue weighted by Gasteiger charge is -2.48. The van der Waals surface area contributed by atoms with Gasteiger partial charge in [-0.2, -0.15) is 0 Å². The van der Waals surface area contributed by atoms with Gasteiger partial charge in [0.1, 0.15) is 5.82 Å². The van der Waals surface area contributed by atoms with Crippen LogP contribution in [0.15, 0.2) is 11.2 Å². The number of nitrogens with one attached hydrogen (secondary N) is 2. The lowest BCUT2D eigenvalue weighted by atomic mass is 9.70. The van der Waals surface area contributed by atoms with Crippen molar-refractivity contribution in [2.75, 3.05) is 6.54 Å². The van der Waals surface area contributed by atoms with Crippen molar-refractivity contribution in [2.24, 2.45) is 0 Å². The topological polar surface area (TPSA) is 76.0 Å². The highest BCUT2D eigenvalue weighted by molar-refractivity contribution is 7.89. The monoisotopic (exact) mass is 312 g/mol. The van der Waals surface area contributed by atoms with Crippen molar-refractivity contribution in [3.63, 3.8) is 0 Å². The molecule has 1 aromatic heterocycles. The van der Waals surface area contributed by atoms with Crippen molar-refractivity contribution >= 4 is 10.0 Å². The van der Waals surface area contributed by atoms with Gasteiger partial charge in [0.2, 0.25) is 0 Å². The summed E-state index contributed by atoms with van der Waals surface area (Å²) in [5.74, 6) is 0.735. The molecule has 7 heteroatoms. The van der Waals surface area contributed by atoms with Crippen LogP contribution in [-0.4, -0.2) is 36.1 Å². The Balaban J connectivity index is 1.73. The van der Waals surface area contributed by atoms with E-state index in [0.29, 0.717) is 0 Å². The van der Waals surface area contributed by atoms with Crippen molar-refractivity contribution in [3.8, 4) is 0 Å². The van der Waals surface area contributed by atoms with E-state index in [0.717, 1.165) is 44.6 Å². The number of hydrogen-bond donors (Lipinski definition) is 2. The Kier molecular flexibility index (Phi) is 3.83. The molecule has 0 amide bonds. The minimum Gasteiger partial charge on any atom is -0.334 e. The molecule has 6 nitrogen and oxygen atoms in total. The third-order valence-electron chi connectivity index (χ3n) is 4.83. The Labute approximate surface area is 126 Å². The van der Waals surface area contributed by atoms with Gasteiger partial charge in [0.05, 0.1) is 0 Å². The molecule has 2 fully saturated rings. The Morgan fingerprint density at radius 2 is 2.29 bits per heavy atom. The average molecular weight is 312 g/mol. The molecule has 2 N–H and O–H groups in total. The van der Waals surface area contributed by atoms with E-state index in [1.165, 1.54) is 6.42 Å². The number of hydrogen-bond acceptors (Lipinski definition) is 4. The Hall–Kier alpha value is -0.920. The van der Waals surface area contributed by atoms with Crippen molar-refractivity contribution in [1.82, 2.24) is 19.6 Å². The molecule has 1 unspecified atom stereocenters. The maximum atomic E-state index is 12.5. The van der Waals surface area contributed by atoms with E-state index in [4.69, 9.17) is 0 Å². The van der Waals surface area contributed by atoms with E-state index >= 15 is 0 Å². The first-order valence-electron chi connectivity index (χ1n) is 7.75. The normalized spacial score (nSPS) is 25.0. The van der Waals surface area contributed by atoms with Crippen molar-refractivity contribution in [1.29, 1.82) is 0 Å². The van der Waals surface area contributed by atoms with Gasteiger partial charge in [-0.3, -0.25) is 0 Å². The maximum absolute atomic E-state index is 12.5. The third kappa shape index (κ3) is 2.86. The minimum absolute atomic E-state index is 0.0173. The third-order valence-corrected chi connectivity index (χ3v) is 6.22. The van der Waals surface area contributed by atoms with Crippen molar-refractivity contribution in [3.05, 3.63) is 12.0 Å². The first-order valence-corrected chi connectivity index (χ1v) is 9.24. The van der Waals surface area contributed by atoms with Gasteiger partial charge < -0.3 is 9.88 Å². The van der Waals surface area contributed by atoms with Gasteiger partial charge in [-0.1, -0.05) is 0 Å². The highest BCUT2D eigenvalue weighted by Crippen LogP contribution is 2.38. The number of aryl methyl sites for hydroxylation is 2. The zero-order valence-corrected chi connectivity index (χ0v) is 13.5. The van der Waals surface area contributed by atoms with Gasteiger partial charge in [-0.15, -0.1) is 0 Å². The quantitative estimate of drug-likeness (QED) is 0.875. The molecule has 1 aromatic rings. The van der Waals surface area contributed by atoms with Gasteiger partial charge in [-0.05, 0) is 52.5 Å². The second-order valence-electron chi connectivity index (χ2n) is 6.28. The number of piperidine rings is 1. The largest absolute Gasteiger partial charge is 0.334 e. The molecular formula is C14H24N4O2S. The maximum Gasteiger partial charge on any atom is 0.259 e. The Morgan fingerprint density at radius 1 is 1.52 bits per heavy atom. The number of rotatable bonds is 4. The van der Waals surface area contributed by atoms with E-state index in [1.807, 2.05) is 18.4 Å². The Bertz CT molecular complexity index is 619. The second-order valence-corrected chi connectivity index (χ2v) is 7.94. The van der Waals surface area contributed by atoms with Crippen LogP contribution >= 0.6 is 0 Å². The minimum atomic E-state index is -3.52. The average Bonchev–Trinajstić information content (AvgIpc) is 2.79. The van der Waals surface area contributed by atoms with E-state index in [9.17, 15) is 8.42 Å². The number of aromatic nitrogens is 2. The summed E-state index contributed by atoms with van der Waals surface area (Å²) < 4.78 is 29.7. The van der Waals surface area contributed by atoms with Crippen LogP contribution in [0.5, 0.6) is 0 Å². The smallest absolute Gasteiger partial charge is 0.259 e. The first-order chi connectivity index (χ1) is 9.94. The number of nitrogens with zero attached hydrogens (tertiary/aromatic N) is 2. The number of sulfonamides is 1. The summed E-state index contributed by atoms with van der Waals surface area (Å²) in [6.07, 6.45) is 6.92. The highest BCUT2D eigenvalue weighted by Gasteiger charge is 2.42. The van der Waals surface area contributed by atoms with E-state index in [1.54, 1.807) is 6.20 Å². The van der Waals surface area contributed by atoms with Gasteiger partial charge in [0.15, 0.2) is 5.03 Å². The molecule has 21 heavy (non-hydrogen) atoms. The van der Waals surface area contributed by atoms with Crippen LogP contribution in [-0.2, 0) is 16.6 Å². The molecule has 118 valence electrons. The summed E-state index contributed by atoms with van der Waals surface area (Å²) in [4.78, 5) is 4.19. The van der Waals surface area contributed by atoms with Gasteiger partial charge >= 0.3 is 0 Å². The fourth-order valence-electron chi connectivity index (χ4n) is 3.45. The lowest BCUT2D eigenvalue weighted by Crippen LogP contribution is -2.59. The Morgan fingerprint density at radius 3 is 2.86 bits per heavy atom. The summed E-state index contributed by atoms with van der Waals surface area (Å²) in [7, 11) is -3.52. The SMILES string of the molecule is CCn1cc(S(=O)(=O)NC2CCNC3(CCC3)C2)nc1C. The first kappa shape index (κ1) is 15.0. The molecule has 0 radical (unpaired) electrons. The van der Waals surface area contributed by atoms with Crippen LogP contribution in [0.4, 0.5) is 0 Å². The lowest BCUT2D eigenvalue weighted by molar-refractivity contribution is 0.126. The fraction of sp³-hybridized carbons (Fsp3) is 0.786. The molecular weight excluding hydrogens is 288 g/mol. The second kappa shape index (κ2) is 5.37. The molecule has 1 aliphatic heterocycles. The van der Waals surface area contributed by atoms with Crippen LogP contribution in [0.25, 0.3) is 0 Å². The fourth-order valence-corrected chi connectivity index (χ4v) is 4.73. The van der Waals surface area contributed by atoms with Crippen LogP contribution in [0.1, 0.15) is 44.9 Å². The molecule has 3 rings (SSSR count). The summed E-state index contributed by atoms with van der Waals surface area (Å²) in [5, 5.41) is 3.70. The van der Waals surface area contributed by atoms with Crippen molar-refractivity contribution < 1.29 is 8.42 Å². The summed E-state index contributed by atoms with van der Waals surface area (Å²) in [6.45, 7) is 5.42. The van der Waals surface area contributed by atoms with Crippen LogP contribution in [0.3, 0.4) is 0 Å². The molecule has 1 spiro atoms. The zero-order chi connectivity index (χ0) is 15.1. The predicted molar refractivity (Wildman–Crippen MR) is 80.6 cm³/mol. The summed E-state index contributed by atoms with van der Waals surface area (Å²) in [5.41, 5.74) is 0.185. The summed E-state index contributed by atoms with van der Waals surface area (Å²) in [6, 6.07) is 0.0173. The van der Waals surface area contributed by atoms with Crippen LogP contribution in [0.2, 0.25) is 0 Å². The molecule has 0 aromatic carbocycles. The molecule has 1 atom stereocenters. The van der Waals surface area contributed by atoms with Crippen molar-refractivity contribution in [2.45, 2.75) is 69.1 Å². The molecule has 2 heterocycles.